The minimum Gasteiger partial charge on any atom is -0.493 e. The highest BCUT2D eigenvalue weighted by atomic mass is 35.5. The predicted molar refractivity (Wildman–Crippen MR) is 135 cm³/mol. The number of carbonyl (C=O) groups excluding carboxylic acids is 2. The van der Waals surface area contributed by atoms with Crippen LogP contribution in [0.2, 0.25) is 5.02 Å². The van der Waals surface area contributed by atoms with Gasteiger partial charge in [-0.1, -0.05) is 36.7 Å². The first-order valence-electron chi connectivity index (χ1n) is 11.8. The summed E-state index contributed by atoms with van der Waals surface area (Å²) in [4.78, 5) is 26.9. The number of ether oxygens (including phenoxy) is 3. The van der Waals surface area contributed by atoms with Crippen molar-refractivity contribution in [1.82, 2.24) is 5.32 Å². The van der Waals surface area contributed by atoms with Crippen molar-refractivity contribution in [1.29, 1.82) is 0 Å². The summed E-state index contributed by atoms with van der Waals surface area (Å²) in [5.41, 5.74) is 4.42. The van der Waals surface area contributed by atoms with Crippen molar-refractivity contribution in [2.24, 2.45) is 0 Å². The van der Waals surface area contributed by atoms with Crippen molar-refractivity contribution in [2.45, 2.75) is 44.9 Å². The molecule has 7 heteroatoms. The van der Waals surface area contributed by atoms with E-state index >= 15 is 0 Å². The molecule has 2 atom stereocenters. The Labute approximate surface area is 210 Å². The molecule has 1 N–H and O–H groups in total. The molecular formula is C28H30ClNO5. The molecule has 2 aliphatic rings. The molecule has 2 aromatic rings. The maximum Gasteiger partial charge on any atom is 0.336 e. The summed E-state index contributed by atoms with van der Waals surface area (Å²) in [6, 6.07) is 13.1. The second kappa shape index (κ2) is 10.6. The van der Waals surface area contributed by atoms with Crippen molar-refractivity contribution >= 4 is 23.4 Å². The molecule has 0 bridgehead atoms. The number of dihydropyridines is 1. The molecule has 0 radical (unpaired) electrons. The Kier molecular flexibility index (Phi) is 7.51. The molecule has 4 rings (SSSR count). The number of nitrogens with one attached hydrogen (secondary N) is 1. The van der Waals surface area contributed by atoms with E-state index in [0.29, 0.717) is 59.2 Å². The molecule has 0 saturated heterocycles. The average molecular weight is 496 g/mol. The number of ketones is 1. The summed E-state index contributed by atoms with van der Waals surface area (Å²) in [5.74, 6) is 0.162. The van der Waals surface area contributed by atoms with Gasteiger partial charge in [0.1, 0.15) is 0 Å². The summed E-state index contributed by atoms with van der Waals surface area (Å²) in [6.45, 7) is 4.12. The SMILES string of the molecule is CCCOC(=O)C1=C(C)NC2=C(C(=O)C[C@H](c3ccc(Cl)cc3)C2)[C@H]1c1ccc(OC)c(OC)c1. The molecule has 35 heavy (non-hydrogen) atoms. The lowest BCUT2D eigenvalue weighted by Gasteiger charge is -2.36. The lowest BCUT2D eigenvalue weighted by molar-refractivity contribution is -0.139. The normalized spacial score (nSPS) is 19.7. The maximum absolute atomic E-state index is 13.7. The number of rotatable bonds is 7. The van der Waals surface area contributed by atoms with Crippen LogP contribution in [0.4, 0.5) is 0 Å². The van der Waals surface area contributed by atoms with Crippen molar-refractivity contribution in [3.05, 3.63) is 81.2 Å². The minimum atomic E-state index is -0.561. The summed E-state index contributed by atoms with van der Waals surface area (Å²) in [7, 11) is 3.14. The fourth-order valence-electron chi connectivity index (χ4n) is 4.92. The number of esters is 1. The maximum atomic E-state index is 13.7. The summed E-state index contributed by atoms with van der Waals surface area (Å²) in [5, 5.41) is 4.03. The molecule has 1 aliphatic carbocycles. The first-order chi connectivity index (χ1) is 16.9. The highest BCUT2D eigenvalue weighted by Gasteiger charge is 2.41. The van der Waals surface area contributed by atoms with Gasteiger partial charge in [-0.15, -0.1) is 0 Å². The van der Waals surface area contributed by atoms with Crippen molar-refractivity contribution < 1.29 is 23.8 Å². The number of halogens is 1. The zero-order valence-electron chi connectivity index (χ0n) is 20.4. The number of benzene rings is 2. The van der Waals surface area contributed by atoms with Crippen LogP contribution in [0.15, 0.2) is 65.0 Å². The van der Waals surface area contributed by atoms with Crippen LogP contribution in [0, 0.1) is 0 Å². The van der Waals surface area contributed by atoms with Crippen LogP contribution in [0.25, 0.3) is 0 Å². The van der Waals surface area contributed by atoms with Crippen LogP contribution in [0.3, 0.4) is 0 Å². The number of allylic oxidation sites excluding steroid dienone is 3. The van der Waals surface area contributed by atoms with Crippen LogP contribution >= 0.6 is 11.6 Å². The van der Waals surface area contributed by atoms with E-state index in [9.17, 15) is 9.59 Å². The number of hydrogen-bond donors (Lipinski definition) is 1. The Balaban J connectivity index is 1.80. The Morgan fingerprint density at radius 1 is 1.03 bits per heavy atom. The fourth-order valence-corrected chi connectivity index (χ4v) is 5.04. The Hall–Kier alpha value is -3.25. The van der Waals surface area contributed by atoms with Crippen molar-refractivity contribution in [3.8, 4) is 11.5 Å². The van der Waals surface area contributed by atoms with E-state index in [1.165, 1.54) is 0 Å². The molecule has 0 amide bonds. The van der Waals surface area contributed by atoms with Gasteiger partial charge in [0.2, 0.25) is 0 Å². The molecule has 0 saturated carbocycles. The molecule has 6 nitrogen and oxygen atoms in total. The van der Waals surface area contributed by atoms with Gasteiger partial charge in [0.15, 0.2) is 17.3 Å². The number of hydrogen-bond acceptors (Lipinski definition) is 6. The van der Waals surface area contributed by atoms with E-state index in [1.807, 2.05) is 50.2 Å². The van der Waals surface area contributed by atoms with E-state index in [1.54, 1.807) is 20.3 Å². The quantitative estimate of drug-likeness (QED) is 0.499. The average Bonchev–Trinajstić information content (AvgIpc) is 2.86. The van der Waals surface area contributed by atoms with Crippen LogP contribution in [0.5, 0.6) is 11.5 Å². The summed E-state index contributed by atoms with van der Waals surface area (Å²) in [6.07, 6.45) is 1.71. The molecule has 2 aromatic carbocycles. The van der Waals surface area contributed by atoms with Gasteiger partial charge in [0.05, 0.1) is 26.4 Å². The summed E-state index contributed by atoms with van der Waals surface area (Å²) < 4.78 is 16.4. The Morgan fingerprint density at radius 2 is 1.71 bits per heavy atom. The third-order valence-electron chi connectivity index (χ3n) is 6.57. The first-order valence-corrected chi connectivity index (χ1v) is 12.1. The van der Waals surface area contributed by atoms with E-state index in [4.69, 9.17) is 25.8 Å². The van der Waals surface area contributed by atoms with E-state index in [2.05, 4.69) is 5.32 Å². The zero-order valence-corrected chi connectivity index (χ0v) is 21.2. The largest absolute Gasteiger partial charge is 0.493 e. The fraction of sp³-hybridized carbons (Fsp3) is 0.357. The van der Waals surface area contributed by atoms with Gasteiger partial charge in [-0.3, -0.25) is 4.79 Å². The zero-order chi connectivity index (χ0) is 25.1. The molecule has 1 heterocycles. The lowest BCUT2D eigenvalue weighted by atomic mass is 9.71. The van der Waals surface area contributed by atoms with E-state index in [0.717, 1.165) is 16.8 Å². The number of methoxy groups -OCH3 is 2. The van der Waals surface area contributed by atoms with E-state index in [-0.39, 0.29) is 11.7 Å². The van der Waals surface area contributed by atoms with Crippen LogP contribution in [-0.2, 0) is 14.3 Å². The molecule has 0 unspecified atom stereocenters. The lowest BCUT2D eigenvalue weighted by Crippen LogP contribution is -2.36. The van der Waals surface area contributed by atoms with Gasteiger partial charge in [-0.25, -0.2) is 4.79 Å². The van der Waals surface area contributed by atoms with Gasteiger partial charge in [-0.2, -0.15) is 0 Å². The first kappa shape index (κ1) is 24.9. The minimum absolute atomic E-state index is 0.00627. The van der Waals surface area contributed by atoms with Gasteiger partial charge >= 0.3 is 5.97 Å². The predicted octanol–water partition coefficient (Wildman–Crippen LogP) is 5.67. The highest BCUT2D eigenvalue weighted by molar-refractivity contribution is 6.30. The van der Waals surface area contributed by atoms with E-state index < -0.39 is 11.9 Å². The molecule has 0 fully saturated rings. The highest BCUT2D eigenvalue weighted by Crippen LogP contribution is 2.47. The second-order valence-corrected chi connectivity index (χ2v) is 9.26. The monoisotopic (exact) mass is 495 g/mol. The smallest absolute Gasteiger partial charge is 0.336 e. The molecule has 0 aromatic heterocycles. The Morgan fingerprint density at radius 3 is 2.37 bits per heavy atom. The van der Waals surface area contributed by atoms with Gasteiger partial charge < -0.3 is 19.5 Å². The standard InChI is InChI=1S/C28H30ClNO5/c1-5-12-35-28(32)25-16(2)30-21-13-19(17-6-9-20(29)10-7-17)14-22(31)27(21)26(25)18-8-11-23(33-3)24(15-18)34-4/h6-11,15,19,26,30H,5,12-14H2,1-4H3/t19-,26+/m1/s1. The van der Waals surface area contributed by atoms with Gasteiger partial charge in [0.25, 0.3) is 0 Å². The molecular weight excluding hydrogens is 466 g/mol. The molecule has 0 spiro atoms. The number of Topliss-reactive ketones (excluding diaryl/α,β-unsaturated/α-hetero) is 1. The van der Waals surface area contributed by atoms with Crippen LogP contribution < -0.4 is 14.8 Å². The summed E-state index contributed by atoms with van der Waals surface area (Å²) >= 11 is 6.07. The van der Waals surface area contributed by atoms with Crippen LogP contribution in [0.1, 0.15) is 56.1 Å². The van der Waals surface area contributed by atoms with Crippen LogP contribution in [-0.4, -0.2) is 32.6 Å². The third kappa shape index (κ3) is 4.94. The second-order valence-electron chi connectivity index (χ2n) is 8.82. The topological polar surface area (TPSA) is 73.9 Å². The van der Waals surface area contributed by atoms with Gasteiger partial charge in [-0.05, 0) is 61.1 Å². The molecule has 184 valence electrons. The van der Waals surface area contributed by atoms with Crippen molar-refractivity contribution in [3.63, 3.8) is 0 Å². The van der Waals surface area contributed by atoms with Gasteiger partial charge in [0, 0.05) is 34.3 Å². The third-order valence-corrected chi connectivity index (χ3v) is 6.82. The Bertz CT molecular complexity index is 1200. The molecule has 1 aliphatic heterocycles. The van der Waals surface area contributed by atoms with Crippen molar-refractivity contribution in [2.75, 3.05) is 20.8 Å². The number of carbonyl (C=O) groups is 2.